The molecule has 0 aromatic carbocycles. The molecule has 2 aromatic rings. The van der Waals surface area contributed by atoms with E-state index in [-0.39, 0.29) is 0 Å². The molecule has 1 atom stereocenters. The van der Waals surface area contributed by atoms with Crippen molar-refractivity contribution in [1.82, 2.24) is 20.1 Å². The van der Waals surface area contributed by atoms with Crippen LogP contribution in [0.1, 0.15) is 30.1 Å². The Morgan fingerprint density at radius 1 is 1.35 bits per heavy atom. The lowest BCUT2D eigenvalue weighted by Gasteiger charge is -2.23. The first-order chi connectivity index (χ1) is 8.43. The SMILES string of the molecule is c1cncc(CN2CCCC2c2ccn[nH]2)c1. The largest absolute Gasteiger partial charge is 0.290 e. The normalized spacial score (nSPS) is 20.8. The van der Waals surface area contributed by atoms with Crippen LogP contribution < -0.4 is 0 Å². The summed E-state index contributed by atoms with van der Waals surface area (Å²) in [5.41, 5.74) is 2.50. The van der Waals surface area contributed by atoms with Crippen LogP contribution in [-0.4, -0.2) is 26.6 Å². The van der Waals surface area contributed by atoms with Gasteiger partial charge in [-0.1, -0.05) is 6.07 Å². The van der Waals surface area contributed by atoms with E-state index in [1.807, 2.05) is 24.7 Å². The third-order valence-corrected chi connectivity index (χ3v) is 3.35. The van der Waals surface area contributed by atoms with Crippen LogP contribution in [0.4, 0.5) is 0 Å². The zero-order chi connectivity index (χ0) is 11.5. The molecule has 0 amide bonds. The molecule has 3 heterocycles. The van der Waals surface area contributed by atoms with E-state index in [0.29, 0.717) is 6.04 Å². The van der Waals surface area contributed by atoms with Crippen molar-refractivity contribution in [2.75, 3.05) is 6.54 Å². The highest BCUT2D eigenvalue weighted by atomic mass is 15.2. The maximum Gasteiger partial charge on any atom is 0.0523 e. The van der Waals surface area contributed by atoms with Gasteiger partial charge in [0.1, 0.15) is 0 Å². The number of H-pyrrole nitrogens is 1. The highest BCUT2D eigenvalue weighted by Crippen LogP contribution is 2.31. The maximum absolute atomic E-state index is 4.17. The first kappa shape index (κ1) is 10.5. The Hall–Kier alpha value is -1.68. The van der Waals surface area contributed by atoms with Crippen molar-refractivity contribution in [3.05, 3.63) is 48.0 Å². The summed E-state index contributed by atoms with van der Waals surface area (Å²) in [4.78, 5) is 6.66. The van der Waals surface area contributed by atoms with Gasteiger partial charge in [0.25, 0.3) is 0 Å². The Balaban J connectivity index is 1.75. The molecular formula is C13H16N4. The number of hydrogen-bond acceptors (Lipinski definition) is 3. The summed E-state index contributed by atoms with van der Waals surface area (Å²) < 4.78 is 0. The lowest BCUT2D eigenvalue weighted by molar-refractivity contribution is 0.244. The number of likely N-dealkylation sites (tertiary alicyclic amines) is 1. The van der Waals surface area contributed by atoms with Gasteiger partial charge in [0.05, 0.1) is 11.7 Å². The maximum atomic E-state index is 4.17. The third kappa shape index (κ3) is 2.22. The van der Waals surface area contributed by atoms with Crippen LogP contribution in [0.25, 0.3) is 0 Å². The Labute approximate surface area is 101 Å². The van der Waals surface area contributed by atoms with E-state index in [0.717, 1.165) is 13.1 Å². The molecule has 0 spiro atoms. The van der Waals surface area contributed by atoms with Gasteiger partial charge in [-0.15, -0.1) is 0 Å². The first-order valence-electron chi connectivity index (χ1n) is 6.06. The molecule has 3 rings (SSSR count). The van der Waals surface area contributed by atoms with Crippen molar-refractivity contribution in [3.8, 4) is 0 Å². The summed E-state index contributed by atoms with van der Waals surface area (Å²) in [6.07, 6.45) is 8.06. The number of aromatic nitrogens is 3. The average Bonchev–Trinajstić information content (AvgIpc) is 3.00. The Morgan fingerprint density at radius 2 is 2.35 bits per heavy atom. The van der Waals surface area contributed by atoms with Crippen LogP contribution >= 0.6 is 0 Å². The summed E-state index contributed by atoms with van der Waals surface area (Å²) in [5.74, 6) is 0. The molecule has 1 aliphatic heterocycles. The van der Waals surface area contributed by atoms with E-state index in [2.05, 4.69) is 32.2 Å². The number of rotatable bonds is 3. The molecule has 0 radical (unpaired) electrons. The second kappa shape index (κ2) is 4.67. The minimum atomic E-state index is 0.484. The van der Waals surface area contributed by atoms with Gasteiger partial charge in [-0.25, -0.2) is 0 Å². The number of pyridine rings is 1. The summed E-state index contributed by atoms with van der Waals surface area (Å²) in [6, 6.07) is 6.69. The number of hydrogen-bond donors (Lipinski definition) is 1. The fourth-order valence-electron chi connectivity index (χ4n) is 2.55. The molecule has 88 valence electrons. The number of nitrogens with zero attached hydrogens (tertiary/aromatic N) is 3. The molecule has 1 unspecified atom stereocenters. The average molecular weight is 228 g/mol. The molecule has 0 saturated carbocycles. The molecule has 4 nitrogen and oxygen atoms in total. The third-order valence-electron chi connectivity index (χ3n) is 3.35. The Morgan fingerprint density at radius 3 is 3.12 bits per heavy atom. The van der Waals surface area contributed by atoms with Crippen LogP contribution in [0.15, 0.2) is 36.8 Å². The lowest BCUT2D eigenvalue weighted by Crippen LogP contribution is -2.23. The predicted molar refractivity (Wildman–Crippen MR) is 65.2 cm³/mol. The monoisotopic (exact) mass is 228 g/mol. The molecule has 1 saturated heterocycles. The van der Waals surface area contributed by atoms with Gasteiger partial charge in [0.2, 0.25) is 0 Å². The van der Waals surface area contributed by atoms with Gasteiger partial charge >= 0.3 is 0 Å². The van der Waals surface area contributed by atoms with E-state index in [1.54, 1.807) is 0 Å². The molecule has 1 fully saturated rings. The van der Waals surface area contributed by atoms with Gasteiger partial charge in [-0.3, -0.25) is 15.0 Å². The second-order valence-electron chi connectivity index (χ2n) is 4.50. The van der Waals surface area contributed by atoms with Crippen molar-refractivity contribution in [2.45, 2.75) is 25.4 Å². The minimum absolute atomic E-state index is 0.484. The molecule has 0 bridgehead atoms. The van der Waals surface area contributed by atoms with Crippen molar-refractivity contribution < 1.29 is 0 Å². The summed E-state index contributed by atoms with van der Waals surface area (Å²) >= 11 is 0. The van der Waals surface area contributed by atoms with Crippen LogP contribution in [-0.2, 0) is 6.54 Å². The molecule has 1 N–H and O–H groups in total. The highest BCUT2D eigenvalue weighted by Gasteiger charge is 2.26. The van der Waals surface area contributed by atoms with Gasteiger partial charge in [0.15, 0.2) is 0 Å². The molecular weight excluding hydrogens is 212 g/mol. The van der Waals surface area contributed by atoms with Crippen LogP contribution in [0.5, 0.6) is 0 Å². The van der Waals surface area contributed by atoms with E-state index in [9.17, 15) is 0 Å². The highest BCUT2D eigenvalue weighted by molar-refractivity contribution is 5.12. The van der Waals surface area contributed by atoms with Gasteiger partial charge in [-0.2, -0.15) is 5.10 Å². The number of aromatic amines is 1. The van der Waals surface area contributed by atoms with Crippen LogP contribution in [0, 0.1) is 0 Å². The van der Waals surface area contributed by atoms with Crippen molar-refractivity contribution in [2.24, 2.45) is 0 Å². The lowest BCUT2D eigenvalue weighted by atomic mass is 10.1. The molecule has 17 heavy (non-hydrogen) atoms. The van der Waals surface area contributed by atoms with Crippen LogP contribution in [0.3, 0.4) is 0 Å². The van der Waals surface area contributed by atoms with E-state index in [4.69, 9.17) is 0 Å². The minimum Gasteiger partial charge on any atom is -0.290 e. The molecule has 0 aliphatic carbocycles. The zero-order valence-corrected chi connectivity index (χ0v) is 9.71. The van der Waals surface area contributed by atoms with Gasteiger partial charge < -0.3 is 0 Å². The van der Waals surface area contributed by atoms with Crippen LogP contribution in [0.2, 0.25) is 0 Å². The van der Waals surface area contributed by atoms with Gasteiger partial charge in [0, 0.05) is 25.1 Å². The number of nitrogens with one attached hydrogen (secondary N) is 1. The summed E-state index contributed by atoms with van der Waals surface area (Å²) in [5, 5.41) is 7.13. The predicted octanol–water partition coefficient (Wildman–Crippen LogP) is 2.14. The van der Waals surface area contributed by atoms with E-state index < -0.39 is 0 Å². The zero-order valence-electron chi connectivity index (χ0n) is 9.71. The fraction of sp³-hybridized carbons (Fsp3) is 0.385. The van der Waals surface area contributed by atoms with Crippen molar-refractivity contribution in [1.29, 1.82) is 0 Å². The summed E-state index contributed by atoms with van der Waals surface area (Å²) in [7, 11) is 0. The van der Waals surface area contributed by atoms with Crippen molar-refractivity contribution >= 4 is 0 Å². The van der Waals surface area contributed by atoms with Gasteiger partial charge in [-0.05, 0) is 37.1 Å². The Kier molecular flexibility index (Phi) is 2.88. The molecule has 1 aliphatic rings. The quantitative estimate of drug-likeness (QED) is 0.875. The second-order valence-corrected chi connectivity index (χ2v) is 4.50. The topological polar surface area (TPSA) is 44.8 Å². The van der Waals surface area contributed by atoms with Crippen molar-refractivity contribution in [3.63, 3.8) is 0 Å². The molecule has 4 heteroatoms. The fourth-order valence-corrected chi connectivity index (χ4v) is 2.55. The standard InChI is InChI=1S/C13H16N4/c1-3-11(9-14-6-1)10-17-8-2-4-13(17)12-5-7-15-16-12/h1,3,5-7,9,13H,2,4,8,10H2,(H,15,16). The smallest absolute Gasteiger partial charge is 0.0523 e. The Bertz CT molecular complexity index is 452. The molecule has 2 aromatic heterocycles. The van der Waals surface area contributed by atoms with E-state index in [1.165, 1.54) is 24.1 Å². The first-order valence-corrected chi connectivity index (χ1v) is 6.06. The summed E-state index contributed by atoms with van der Waals surface area (Å²) in [6.45, 7) is 2.12. The van der Waals surface area contributed by atoms with E-state index >= 15 is 0 Å².